The predicted molar refractivity (Wildman–Crippen MR) is 86.7 cm³/mol. The van der Waals surface area contributed by atoms with Crippen LogP contribution in [0.15, 0.2) is 29.3 Å². The van der Waals surface area contributed by atoms with E-state index in [1.165, 1.54) is 0 Å². The Bertz CT molecular complexity index is 495. The summed E-state index contributed by atoms with van der Waals surface area (Å²) in [5.41, 5.74) is 13.5. The number of hydrogen-bond donors (Lipinski definition) is 3. The van der Waals surface area contributed by atoms with Crippen LogP contribution in [0.3, 0.4) is 0 Å². The van der Waals surface area contributed by atoms with Gasteiger partial charge in [0.15, 0.2) is 0 Å². The molecule has 0 radical (unpaired) electrons. The monoisotopic (exact) mass is 290 g/mol. The zero-order chi connectivity index (χ0) is 15.8. The summed E-state index contributed by atoms with van der Waals surface area (Å²) in [6.07, 6.45) is 0.889. The number of nitrogens with two attached hydrogens (primary N) is 2. The fourth-order valence-corrected chi connectivity index (χ4v) is 1.87. The van der Waals surface area contributed by atoms with Gasteiger partial charge in [0.05, 0.1) is 18.4 Å². The lowest BCUT2D eigenvalue weighted by Crippen LogP contribution is -2.44. The first-order valence-electron chi connectivity index (χ1n) is 7.31. The van der Waals surface area contributed by atoms with E-state index in [2.05, 4.69) is 10.3 Å². The number of carbonyl (C=O) groups excluding carboxylic acids is 1. The average Bonchev–Trinajstić information content (AvgIpc) is 2.49. The van der Waals surface area contributed by atoms with Crippen molar-refractivity contribution in [2.24, 2.45) is 22.4 Å². The van der Waals surface area contributed by atoms with Crippen molar-refractivity contribution in [3.05, 3.63) is 35.4 Å². The highest BCUT2D eigenvalue weighted by atomic mass is 16.2. The first-order valence-corrected chi connectivity index (χ1v) is 7.31. The van der Waals surface area contributed by atoms with Gasteiger partial charge in [-0.15, -0.1) is 0 Å². The van der Waals surface area contributed by atoms with Gasteiger partial charge in [0.1, 0.15) is 0 Å². The molecule has 0 fully saturated rings. The molecule has 0 saturated carbocycles. The number of hydrogen-bond acceptors (Lipinski definition) is 3. The van der Waals surface area contributed by atoms with Crippen molar-refractivity contribution < 1.29 is 4.79 Å². The quantitative estimate of drug-likeness (QED) is 0.525. The van der Waals surface area contributed by atoms with E-state index in [0.717, 1.165) is 17.5 Å². The molecule has 5 N–H and O–H groups in total. The molecule has 21 heavy (non-hydrogen) atoms. The summed E-state index contributed by atoms with van der Waals surface area (Å²) in [6.45, 7) is 6.80. The molecule has 116 valence electrons. The predicted octanol–water partition coefficient (Wildman–Crippen LogP) is 1.55. The summed E-state index contributed by atoms with van der Waals surface area (Å²) < 4.78 is 0. The van der Waals surface area contributed by atoms with E-state index in [4.69, 9.17) is 11.5 Å². The molecule has 0 aromatic heterocycles. The van der Waals surface area contributed by atoms with Gasteiger partial charge in [0, 0.05) is 6.54 Å². The number of rotatable bonds is 7. The number of carbonyl (C=O) groups is 1. The van der Waals surface area contributed by atoms with Gasteiger partial charge in [-0.3, -0.25) is 9.79 Å². The fourth-order valence-electron chi connectivity index (χ4n) is 1.87. The van der Waals surface area contributed by atoms with E-state index in [-0.39, 0.29) is 11.8 Å². The molecule has 0 unspecified atom stereocenters. The first-order chi connectivity index (χ1) is 9.93. The van der Waals surface area contributed by atoms with E-state index in [0.29, 0.717) is 18.9 Å². The Morgan fingerprint density at radius 2 is 2.05 bits per heavy atom. The summed E-state index contributed by atoms with van der Waals surface area (Å²) in [6, 6.07) is 7.47. The van der Waals surface area contributed by atoms with Crippen LogP contribution >= 0.6 is 0 Å². The Morgan fingerprint density at radius 3 is 2.67 bits per heavy atom. The van der Waals surface area contributed by atoms with E-state index in [1.54, 1.807) is 6.92 Å². The third kappa shape index (κ3) is 5.95. The minimum Gasteiger partial charge on any atom is -0.388 e. The molecule has 2 atom stereocenters. The maximum atomic E-state index is 11.9. The van der Waals surface area contributed by atoms with Crippen molar-refractivity contribution in [3.8, 4) is 0 Å². The molecule has 1 rings (SSSR count). The van der Waals surface area contributed by atoms with E-state index >= 15 is 0 Å². The lowest BCUT2D eigenvalue weighted by atomic mass is 9.99. The number of amides is 1. The van der Waals surface area contributed by atoms with Crippen LogP contribution in [0, 0.1) is 5.92 Å². The van der Waals surface area contributed by atoms with E-state index < -0.39 is 6.04 Å². The Kier molecular flexibility index (Phi) is 6.88. The van der Waals surface area contributed by atoms with Crippen molar-refractivity contribution >= 4 is 11.7 Å². The SMILES string of the molecule is CC[C@H](C)[C@H](N)C(=O)NCc1cccc(CN=C(C)N)c1. The molecule has 0 saturated heterocycles. The van der Waals surface area contributed by atoms with Crippen LogP contribution in [0.1, 0.15) is 38.3 Å². The molecule has 0 spiro atoms. The van der Waals surface area contributed by atoms with E-state index in [1.807, 2.05) is 38.1 Å². The molecule has 1 aromatic rings. The average molecular weight is 290 g/mol. The standard InChI is InChI=1S/C16H26N4O/c1-4-11(2)15(18)16(21)20-10-14-7-5-6-13(8-14)9-19-12(3)17/h5-8,11,15H,4,9-10,18H2,1-3H3,(H2,17,19)(H,20,21)/t11-,15-/m0/s1. The van der Waals surface area contributed by atoms with Crippen molar-refractivity contribution in [2.45, 2.75) is 46.3 Å². The number of aliphatic imine (C=N–C) groups is 1. The van der Waals surface area contributed by atoms with Crippen LogP contribution in [0.25, 0.3) is 0 Å². The van der Waals surface area contributed by atoms with Crippen molar-refractivity contribution in [3.63, 3.8) is 0 Å². The van der Waals surface area contributed by atoms with Gasteiger partial charge in [0.25, 0.3) is 0 Å². The third-order valence-corrected chi connectivity index (χ3v) is 3.53. The maximum Gasteiger partial charge on any atom is 0.237 e. The molecule has 5 heteroatoms. The molecule has 0 bridgehead atoms. The Balaban J connectivity index is 2.57. The van der Waals surface area contributed by atoms with Gasteiger partial charge in [-0.1, -0.05) is 44.5 Å². The molecule has 0 heterocycles. The third-order valence-electron chi connectivity index (χ3n) is 3.53. The molecule has 5 nitrogen and oxygen atoms in total. The zero-order valence-electron chi connectivity index (χ0n) is 13.1. The van der Waals surface area contributed by atoms with Crippen molar-refractivity contribution in [1.82, 2.24) is 5.32 Å². The van der Waals surface area contributed by atoms with Crippen LogP contribution in [0.4, 0.5) is 0 Å². The lowest BCUT2D eigenvalue weighted by molar-refractivity contribution is -0.123. The molecule has 1 amide bonds. The zero-order valence-corrected chi connectivity index (χ0v) is 13.1. The van der Waals surface area contributed by atoms with Gasteiger partial charge < -0.3 is 16.8 Å². The van der Waals surface area contributed by atoms with Gasteiger partial charge in [-0.05, 0) is 24.0 Å². The summed E-state index contributed by atoms with van der Waals surface area (Å²) in [7, 11) is 0. The number of nitrogens with zero attached hydrogens (tertiary/aromatic N) is 1. The highest BCUT2D eigenvalue weighted by Crippen LogP contribution is 2.08. The van der Waals surface area contributed by atoms with Crippen LogP contribution in [-0.4, -0.2) is 17.8 Å². The summed E-state index contributed by atoms with van der Waals surface area (Å²) in [5, 5.41) is 2.88. The smallest absolute Gasteiger partial charge is 0.237 e. The minimum absolute atomic E-state index is 0.106. The lowest BCUT2D eigenvalue weighted by Gasteiger charge is -2.17. The van der Waals surface area contributed by atoms with Gasteiger partial charge in [-0.2, -0.15) is 0 Å². The number of benzene rings is 1. The topological polar surface area (TPSA) is 93.5 Å². The summed E-state index contributed by atoms with van der Waals surface area (Å²) in [4.78, 5) is 16.1. The summed E-state index contributed by atoms with van der Waals surface area (Å²) >= 11 is 0. The van der Waals surface area contributed by atoms with Crippen LogP contribution in [0.5, 0.6) is 0 Å². The van der Waals surface area contributed by atoms with Gasteiger partial charge >= 0.3 is 0 Å². The van der Waals surface area contributed by atoms with Crippen LogP contribution in [-0.2, 0) is 17.9 Å². The molecular formula is C16H26N4O. The summed E-state index contributed by atoms with van der Waals surface area (Å²) in [5.74, 6) is 0.636. The highest BCUT2D eigenvalue weighted by Gasteiger charge is 2.18. The first kappa shape index (κ1) is 17.2. The fraction of sp³-hybridized carbons (Fsp3) is 0.500. The minimum atomic E-state index is -0.456. The number of nitrogens with one attached hydrogen (secondary N) is 1. The second-order valence-corrected chi connectivity index (χ2v) is 5.41. The van der Waals surface area contributed by atoms with E-state index in [9.17, 15) is 4.79 Å². The molecule has 0 aliphatic heterocycles. The highest BCUT2D eigenvalue weighted by molar-refractivity contribution is 5.81. The molecule has 0 aliphatic rings. The largest absolute Gasteiger partial charge is 0.388 e. The second kappa shape index (κ2) is 8.42. The number of amidine groups is 1. The Morgan fingerprint density at radius 1 is 1.38 bits per heavy atom. The second-order valence-electron chi connectivity index (χ2n) is 5.41. The van der Waals surface area contributed by atoms with Crippen molar-refractivity contribution in [1.29, 1.82) is 0 Å². The van der Waals surface area contributed by atoms with Crippen LogP contribution in [0.2, 0.25) is 0 Å². The molecule has 1 aromatic carbocycles. The van der Waals surface area contributed by atoms with Gasteiger partial charge in [0.2, 0.25) is 5.91 Å². The Labute approximate surface area is 126 Å². The normalized spacial score (nSPS) is 14.6. The van der Waals surface area contributed by atoms with Crippen LogP contribution < -0.4 is 16.8 Å². The molecular weight excluding hydrogens is 264 g/mol. The Hall–Kier alpha value is -1.88. The maximum absolute atomic E-state index is 11.9. The molecule has 0 aliphatic carbocycles. The van der Waals surface area contributed by atoms with Crippen molar-refractivity contribution in [2.75, 3.05) is 0 Å². The van der Waals surface area contributed by atoms with Gasteiger partial charge in [-0.25, -0.2) is 0 Å².